The van der Waals surface area contributed by atoms with Crippen molar-refractivity contribution in [3.63, 3.8) is 0 Å². The molecule has 8 heteroatoms. The van der Waals surface area contributed by atoms with Crippen molar-refractivity contribution in [2.45, 2.75) is 19.4 Å². The molecule has 7 nitrogen and oxygen atoms in total. The van der Waals surface area contributed by atoms with Crippen LogP contribution >= 0.6 is 0 Å². The average molecular weight is 264 g/mol. The molecule has 0 aromatic carbocycles. The molecule has 0 aromatic heterocycles. The highest BCUT2D eigenvalue weighted by atomic mass is 32.2. The molecule has 1 fully saturated rings. The second-order valence-electron chi connectivity index (χ2n) is 4.18. The van der Waals surface area contributed by atoms with Crippen LogP contribution in [0.5, 0.6) is 0 Å². The van der Waals surface area contributed by atoms with Gasteiger partial charge in [-0.15, -0.1) is 0 Å². The van der Waals surface area contributed by atoms with Gasteiger partial charge in [0.2, 0.25) is 0 Å². The van der Waals surface area contributed by atoms with Crippen LogP contribution in [0.1, 0.15) is 13.3 Å². The van der Waals surface area contributed by atoms with E-state index < -0.39 is 27.9 Å². The van der Waals surface area contributed by atoms with Crippen LogP contribution in [-0.2, 0) is 14.6 Å². The Labute approximate surface area is 99.5 Å². The summed E-state index contributed by atoms with van der Waals surface area (Å²) >= 11 is 0. The lowest BCUT2D eigenvalue weighted by Gasteiger charge is -2.12. The number of hydrogen-bond donors (Lipinski definition) is 3. The van der Waals surface area contributed by atoms with Gasteiger partial charge in [-0.25, -0.2) is 13.2 Å². The summed E-state index contributed by atoms with van der Waals surface area (Å²) < 4.78 is 22.3. The maximum Gasteiger partial charge on any atom is 0.325 e. The fraction of sp³-hybridized carbons (Fsp3) is 0.778. The Morgan fingerprint density at radius 2 is 2.12 bits per heavy atom. The molecule has 2 amide bonds. The van der Waals surface area contributed by atoms with Crippen molar-refractivity contribution in [2.24, 2.45) is 5.92 Å². The topological polar surface area (TPSA) is 113 Å². The van der Waals surface area contributed by atoms with E-state index in [0.717, 1.165) is 0 Å². The van der Waals surface area contributed by atoms with Crippen LogP contribution in [0.4, 0.5) is 4.79 Å². The molecule has 1 unspecified atom stereocenters. The third-order valence-corrected chi connectivity index (χ3v) is 4.43. The van der Waals surface area contributed by atoms with Gasteiger partial charge in [0.05, 0.1) is 11.5 Å². The number of amides is 2. The van der Waals surface area contributed by atoms with Gasteiger partial charge in [-0.1, -0.05) is 0 Å². The van der Waals surface area contributed by atoms with E-state index in [1.54, 1.807) is 0 Å². The van der Waals surface area contributed by atoms with Gasteiger partial charge in [0.15, 0.2) is 9.84 Å². The SMILES string of the molecule is C[C@H](NC(=O)NCC1CCS(=O)(=O)C1)C(=O)O. The number of aliphatic carboxylic acids is 1. The predicted octanol–water partition coefficient (Wildman–Crippen LogP) is -0.807. The highest BCUT2D eigenvalue weighted by molar-refractivity contribution is 7.91. The number of rotatable bonds is 4. The number of hydrogen-bond acceptors (Lipinski definition) is 4. The minimum atomic E-state index is -2.95. The largest absolute Gasteiger partial charge is 0.480 e. The van der Waals surface area contributed by atoms with Crippen molar-refractivity contribution in [3.8, 4) is 0 Å². The molecule has 1 rings (SSSR count). The molecule has 2 atom stereocenters. The minimum Gasteiger partial charge on any atom is -0.480 e. The lowest BCUT2D eigenvalue weighted by atomic mass is 10.1. The Bertz CT molecular complexity index is 406. The third-order valence-electron chi connectivity index (χ3n) is 2.60. The molecule has 0 bridgehead atoms. The van der Waals surface area contributed by atoms with E-state index in [2.05, 4.69) is 10.6 Å². The van der Waals surface area contributed by atoms with Crippen molar-refractivity contribution >= 4 is 21.8 Å². The number of sulfone groups is 1. The molecular formula is C9H16N2O5S. The maximum atomic E-state index is 11.2. The van der Waals surface area contributed by atoms with E-state index in [4.69, 9.17) is 5.11 Å². The van der Waals surface area contributed by atoms with Gasteiger partial charge in [-0.05, 0) is 19.3 Å². The van der Waals surface area contributed by atoms with Crippen molar-refractivity contribution in [1.29, 1.82) is 0 Å². The highest BCUT2D eigenvalue weighted by Gasteiger charge is 2.28. The first-order valence-electron chi connectivity index (χ1n) is 5.28. The standard InChI is InChI=1S/C9H16N2O5S/c1-6(8(12)13)11-9(14)10-4-7-2-3-17(15,16)5-7/h6-7H,2-5H2,1H3,(H,12,13)(H2,10,11,14)/t6-,7?/m0/s1. The van der Waals surface area contributed by atoms with Gasteiger partial charge in [0.25, 0.3) is 0 Å². The zero-order valence-electron chi connectivity index (χ0n) is 9.47. The molecule has 0 aromatic rings. The third kappa shape index (κ3) is 4.59. The van der Waals surface area contributed by atoms with Gasteiger partial charge >= 0.3 is 12.0 Å². The molecule has 0 aliphatic carbocycles. The van der Waals surface area contributed by atoms with E-state index in [1.165, 1.54) is 6.92 Å². The fourth-order valence-corrected chi connectivity index (χ4v) is 3.44. The van der Waals surface area contributed by atoms with Crippen molar-refractivity contribution in [2.75, 3.05) is 18.1 Å². The van der Waals surface area contributed by atoms with Crippen molar-refractivity contribution in [1.82, 2.24) is 10.6 Å². The van der Waals surface area contributed by atoms with Gasteiger partial charge < -0.3 is 15.7 Å². The van der Waals surface area contributed by atoms with Gasteiger partial charge in [0, 0.05) is 6.54 Å². The summed E-state index contributed by atoms with van der Waals surface area (Å²) in [6, 6.07) is -1.56. The smallest absolute Gasteiger partial charge is 0.325 e. The van der Waals surface area contributed by atoms with E-state index >= 15 is 0 Å². The lowest BCUT2D eigenvalue weighted by Crippen LogP contribution is -2.45. The molecule has 1 heterocycles. The van der Waals surface area contributed by atoms with E-state index in [9.17, 15) is 18.0 Å². The number of carboxylic acids is 1. The quantitative estimate of drug-likeness (QED) is 0.615. The normalized spacial score (nSPS) is 23.9. The Morgan fingerprint density at radius 3 is 2.59 bits per heavy atom. The Morgan fingerprint density at radius 1 is 1.47 bits per heavy atom. The summed E-state index contributed by atoms with van der Waals surface area (Å²) in [7, 11) is -2.95. The van der Waals surface area contributed by atoms with Gasteiger partial charge in [-0.3, -0.25) is 4.79 Å². The van der Waals surface area contributed by atoms with E-state index in [0.29, 0.717) is 6.42 Å². The summed E-state index contributed by atoms with van der Waals surface area (Å²) in [6.45, 7) is 1.60. The minimum absolute atomic E-state index is 0.0779. The molecule has 17 heavy (non-hydrogen) atoms. The second-order valence-corrected chi connectivity index (χ2v) is 6.41. The Kier molecular flexibility index (Phi) is 4.33. The first-order valence-corrected chi connectivity index (χ1v) is 7.10. The number of carbonyl (C=O) groups is 2. The number of carboxylic acid groups (broad SMARTS) is 1. The number of urea groups is 1. The van der Waals surface area contributed by atoms with Crippen LogP contribution in [0.2, 0.25) is 0 Å². The van der Waals surface area contributed by atoms with Crippen LogP contribution in [0, 0.1) is 5.92 Å². The van der Waals surface area contributed by atoms with Crippen LogP contribution in [0.25, 0.3) is 0 Å². The highest BCUT2D eigenvalue weighted by Crippen LogP contribution is 2.17. The summed E-state index contributed by atoms with van der Waals surface area (Å²) in [6.07, 6.45) is 0.539. The molecule has 98 valence electrons. The van der Waals surface area contributed by atoms with Crippen molar-refractivity contribution in [3.05, 3.63) is 0 Å². The Balaban J connectivity index is 2.28. The molecule has 0 radical (unpaired) electrons. The zero-order chi connectivity index (χ0) is 13.1. The fourth-order valence-electron chi connectivity index (χ4n) is 1.58. The summed E-state index contributed by atoms with van der Waals surface area (Å²) in [5.74, 6) is -0.955. The molecule has 3 N–H and O–H groups in total. The lowest BCUT2D eigenvalue weighted by molar-refractivity contribution is -0.138. The molecule has 0 saturated carbocycles. The van der Waals surface area contributed by atoms with Crippen LogP contribution in [-0.4, -0.2) is 49.6 Å². The molecule has 0 spiro atoms. The van der Waals surface area contributed by atoms with Crippen molar-refractivity contribution < 1.29 is 23.1 Å². The first kappa shape index (κ1) is 13.8. The molecule has 1 aliphatic heterocycles. The Hall–Kier alpha value is -1.31. The van der Waals surface area contributed by atoms with Crippen LogP contribution < -0.4 is 10.6 Å². The van der Waals surface area contributed by atoms with E-state index in [1.807, 2.05) is 0 Å². The summed E-state index contributed by atoms with van der Waals surface area (Å²) in [5.41, 5.74) is 0. The molecule has 1 saturated heterocycles. The van der Waals surface area contributed by atoms with Gasteiger partial charge in [0.1, 0.15) is 6.04 Å². The first-order chi connectivity index (χ1) is 7.80. The molecule has 1 aliphatic rings. The summed E-state index contributed by atoms with van der Waals surface area (Å²) in [4.78, 5) is 21.7. The average Bonchev–Trinajstić information content (AvgIpc) is 2.55. The second kappa shape index (κ2) is 5.35. The van der Waals surface area contributed by atoms with E-state index in [-0.39, 0.29) is 24.0 Å². The van der Waals surface area contributed by atoms with Crippen LogP contribution in [0.15, 0.2) is 0 Å². The predicted molar refractivity (Wildman–Crippen MR) is 60.4 cm³/mol. The molecular weight excluding hydrogens is 248 g/mol. The van der Waals surface area contributed by atoms with Gasteiger partial charge in [-0.2, -0.15) is 0 Å². The monoisotopic (exact) mass is 264 g/mol. The number of carbonyl (C=O) groups excluding carboxylic acids is 1. The maximum absolute atomic E-state index is 11.2. The zero-order valence-corrected chi connectivity index (χ0v) is 10.3. The van der Waals surface area contributed by atoms with Crippen LogP contribution in [0.3, 0.4) is 0 Å². The number of nitrogens with one attached hydrogen (secondary N) is 2. The summed E-state index contributed by atoms with van der Waals surface area (Å²) in [5, 5.41) is 13.3.